The van der Waals surface area contributed by atoms with Gasteiger partial charge in [0.25, 0.3) is 0 Å². The number of carbonyl (C=O) groups is 1. The number of aromatic amines is 1. The average molecular weight is 309 g/mol. The first-order chi connectivity index (χ1) is 10.9. The molecule has 4 nitrogen and oxygen atoms in total. The van der Waals surface area contributed by atoms with Crippen LogP contribution in [0, 0.1) is 5.41 Å². The molecule has 120 valence electrons. The Kier molecular flexibility index (Phi) is 3.13. The average Bonchev–Trinajstić information content (AvgIpc) is 2.92. The van der Waals surface area contributed by atoms with Gasteiger partial charge in [-0.15, -0.1) is 0 Å². The van der Waals surface area contributed by atoms with Crippen LogP contribution in [0.15, 0.2) is 30.5 Å². The van der Waals surface area contributed by atoms with Gasteiger partial charge in [0.1, 0.15) is 0 Å². The van der Waals surface area contributed by atoms with E-state index in [1.807, 2.05) is 20.8 Å². The number of aromatic nitrogens is 1. The molecule has 1 aliphatic carbocycles. The fourth-order valence-corrected chi connectivity index (χ4v) is 3.59. The lowest BCUT2D eigenvalue weighted by atomic mass is 9.82. The second kappa shape index (κ2) is 4.96. The van der Waals surface area contributed by atoms with Crippen LogP contribution >= 0.6 is 0 Å². The Bertz CT molecular complexity index is 810. The predicted octanol–water partition coefficient (Wildman–Crippen LogP) is 2.61. The molecule has 1 aliphatic heterocycles. The van der Waals surface area contributed by atoms with Gasteiger partial charge in [-0.05, 0) is 29.2 Å². The van der Waals surface area contributed by atoms with E-state index in [0.717, 1.165) is 13.0 Å². The smallest absolute Gasteiger partial charge is 0.225 e. The van der Waals surface area contributed by atoms with Crippen molar-refractivity contribution in [2.24, 2.45) is 5.41 Å². The third-order valence-electron chi connectivity index (χ3n) is 4.86. The second-order valence-corrected chi connectivity index (χ2v) is 7.66. The van der Waals surface area contributed by atoms with E-state index in [1.54, 1.807) is 0 Å². The zero-order valence-electron chi connectivity index (χ0n) is 13.9. The number of amides is 1. The highest BCUT2D eigenvalue weighted by Gasteiger charge is 2.31. The summed E-state index contributed by atoms with van der Waals surface area (Å²) in [5, 5.41) is 8.09. The summed E-state index contributed by atoms with van der Waals surface area (Å²) in [7, 11) is 0. The van der Waals surface area contributed by atoms with Crippen LogP contribution in [0.5, 0.6) is 0 Å². The van der Waals surface area contributed by atoms with Gasteiger partial charge in [0.15, 0.2) is 0 Å². The molecule has 1 amide bonds. The van der Waals surface area contributed by atoms with E-state index >= 15 is 0 Å². The number of hydrogen-bond acceptors (Lipinski definition) is 2. The molecule has 0 saturated heterocycles. The van der Waals surface area contributed by atoms with Gasteiger partial charge in [0.05, 0.1) is 6.04 Å². The van der Waals surface area contributed by atoms with Crippen LogP contribution in [0.3, 0.4) is 0 Å². The summed E-state index contributed by atoms with van der Waals surface area (Å²) in [4.78, 5) is 15.6. The molecule has 23 heavy (non-hydrogen) atoms. The molecule has 2 aromatic rings. The van der Waals surface area contributed by atoms with E-state index in [9.17, 15) is 4.79 Å². The van der Waals surface area contributed by atoms with Crippen molar-refractivity contribution in [1.82, 2.24) is 15.6 Å². The van der Waals surface area contributed by atoms with Gasteiger partial charge >= 0.3 is 0 Å². The fraction of sp³-hybridized carbons (Fsp3) is 0.421. The number of rotatable bonds is 1. The Balaban J connectivity index is 1.71. The lowest BCUT2D eigenvalue weighted by Gasteiger charge is -2.34. The number of hydrogen-bond donors (Lipinski definition) is 3. The van der Waals surface area contributed by atoms with Gasteiger partial charge in [0.2, 0.25) is 5.91 Å². The fourth-order valence-electron chi connectivity index (χ4n) is 3.59. The lowest BCUT2D eigenvalue weighted by Crippen LogP contribution is -2.51. The van der Waals surface area contributed by atoms with Gasteiger partial charge in [-0.3, -0.25) is 4.79 Å². The molecular weight excluding hydrogens is 286 g/mol. The molecule has 3 N–H and O–H groups in total. The van der Waals surface area contributed by atoms with Crippen LogP contribution in [-0.2, 0) is 11.2 Å². The summed E-state index contributed by atoms with van der Waals surface area (Å²) in [6.07, 6.45) is 5.37. The van der Waals surface area contributed by atoms with E-state index < -0.39 is 0 Å². The second-order valence-electron chi connectivity index (χ2n) is 7.66. The zero-order chi connectivity index (χ0) is 16.2. The molecule has 0 unspecified atom stereocenters. The van der Waals surface area contributed by atoms with Crippen LogP contribution in [0.4, 0.5) is 0 Å². The summed E-state index contributed by atoms with van der Waals surface area (Å²) in [6.45, 7) is 6.62. The molecule has 1 aromatic carbocycles. The SMILES string of the molecule is CC(C)(C)C(=O)N[C@H]1C=C2c3cccc4[nH]cc(c34)C[C@H]2NC1. The minimum atomic E-state index is -0.365. The lowest BCUT2D eigenvalue weighted by molar-refractivity contribution is -0.128. The molecule has 0 bridgehead atoms. The summed E-state index contributed by atoms with van der Waals surface area (Å²) in [6, 6.07) is 6.79. The van der Waals surface area contributed by atoms with Crippen molar-refractivity contribution in [3.05, 3.63) is 41.6 Å². The molecule has 2 heterocycles. The largest absolute Gasteiger partial charge is 0.361 e. The first kappa shape index (κ1) is 14.5. The van der Waals surface area contributed by atoms with Crippen LogP contribution < -0.4 is 10.6 Å². The highest BCUT2D eigenvalue weighted by molar-refractivity contribution is 5.98. The summed E-state index contributed by atoms with van der Waals surface area (Å²) < 4.78 is 0. The molecule has 4 heteroatoms. The Morgan fingerprint density at radius 3 is 2.91 bits per heavy atom. The number of carbonyl (C=O) groups excluding carboxylic acids is 1. The Labute approximate surface area is 136 Å². The quantitative estimate of drug-likeness (QED) is 0.758. The molecule has 2 aliphatic rings. The van der Waals surface area contributed by atoms with Gasteiger partial charge in [-0.2, -0.15) is 0 Å². The summed E-state index contributed by atoms with van der Waals surface area (Å²) >= 11 is 0. The van der Waals surface area contributed by atoms with Crippen molar-refractivity contribution in [3.8, 4) is 0 Å². The predicted molar refractivity (Wildman–Crippen MR) is 93.2 cm³/mol. The topological polar surface area (TPSA) is 56.9 Å². The number of fused-ring (bicyclic) bond motifs is 2. The normalized spacial score (nSPS) is 23.3. The molecular formula is C19H23N3O. The maximum Gasteiger partial charge on any atom is 0.225 e. The number of H-pyrrole nitrogens is 1. The molecule has 0 spiro atoms. The van der Waals surface area contributed by atoms with Gasteiger partial charge in [0, 0.05) is 35.1 Å². The van der Waals surface area contributed by atoms with Crippen LogP contribution in [-0.4, -0.2) is 29.5 Å². The Hall–Kier alpha value is -2.07. The molecule has 0 radical (unpaired) electrons. The van der Waals surface area contributed by atoms with E-state index in [-0.39, 0.29) is 17.4 Å². The first-order valence-corrected chi connectivity index (χ1v) is 8.29. The van der Waals surface area contributed by atoms with E-state index in [2.05, 4.69) is 46.1 Å². The van der Waals surface area contributed by atoms with Crippen molar-refractivity contribution in [2.45, 2.75) is 39.3 Å². The van der Waals surface area contributed by atoms with Crippen molar-refractivity contribution in [1.29, 1.82) is 0 Å². The van der Waals surface area contributed by atoms with Gasteiger partial charge in [-0.25, -0.2) is 0 Å². The Morgan fingerprint density at radius 2 is 2.13 bits per heavy atom. The standard InChI is InChI=1S/C19H23N3O/c1-19(2,3)18(23)22-12-8-14-13-5-4-6-15-17(13)11(9-20-15)7-16(14)21-10-12/h4-6,8-9,12,16,20-21H,7,10H2,1-3H3,(H,22,23)/t12-,16+/m0/s1. The van der Waals surface area contributed by atoms with E-state index in [4.69, 9.17) is 0 Å². The molecule has 0 saturated carbocycles. The Morgan fingerprint density at radius 1 is 1.30 bits per heavy atom. The minimum Gasteiger partial charge on any atom is -0.361 e. The van der Waals surface area contributed by atoms with Crippen molar-refractivity contribution < 1.29 is 4.79 Å². The van der Waals surface area contributed by atoms with Crippen LogP contribution in [0.25, 0.3) is 16.5 Å². The maximum absolute atomic E-state index is 12.3. The number of nitrogens with one attached hydrogen (secondary N) is 3. The molecule has 0 fully saturated rings. The molecule has 2 atom stereocenters. The third-order valence-corrected chi connectivity index (χ3v) is 4.86. The maximum atomic E-state index is 12.3. The van der Waals surface area contributed by atoms with Crippen LogP contribution in [0.1, 0.15) is 31.9 Å². The van der Waals surface area contributed by atoms with Crippen LogP contribution in [0.2, 0.25) is 0 Å². The highest BCUT2D eigenvalue weighted by atomic mass is 16.2. The monoisotopic (exact) mass is 309 g/mol. The first-order valence-electron chi connectivity index (χ1n) is 8.29. The van der Waals surface area contributed by atoms with E-state index in [0.29, 0.717) is 6.04 Å². The highest BCUT2D eigenvalue weighted by Crippen LogP contribution is 2.37. The van der Waals surface area contributed by atoms with E-state index in [1.165, 1.54) is 27.6 Å². The summed E-state index contributed by atoms with van der Waals surface area (Å²) in [5.41, 5.74) is 4.81. The molecule has 1 aromatic heterocycles. The minimum absolute atomic E-state index is 0.0451. The summed E-state index contributed by atoms with van der Waals surface area (Å²) in [5.74, 6) is 0.0935. The van der Waals surface area contributed by atoms with Crippen molar-refractivity contribution in [2.75, 3.05) is 6.54 Å². The zero-order valence-corrected chi connectivity index (χ0v) is 13.9. The van der Waals surface area contributed by atoms with Crippen molar-refractivity contribution in [3.63, 3.8) is 0 Å². The van der Waals surface area contributed by atoms with Gasteiger partial charge in [-0.1, -0.05) is 39.0 Å². The molecule has 4 rings (SSSR count). The number of benzene rings is 1. The van der Waals surface area contributed by atoms with Gasteiger partial charge < -0.3 is 15.6 Å². The van der Waals surface area contributed by atoms with Crippen molar-refractivity contribution >= 4 is 22.4 Å². The third kappa shape index (κ3) is 2.38.